The first-order valence-electron chi connectivity index (χ1n) is 8.73. The maximum absolute atomic E-state index is 12.8. The Kier molecular flexibility index (Phi) is 4.55. The summed E-state index contributed by atoms with van der Waals surface area (Å²) in [5, 5.41) is 16.9. The van der Waals surface area contributed by atoms with Crippen LogP contribution in [0.2, 0.25) is 0 Å². The van der Waals surface area contributed by atoms with E-state index in [0.29, 0.717) is 36.7 Å². The van der Waals surface area contributed by atoms with Gasteiger partial charge in [0.2, 0.25) is 5.95 Å². The van der Waals surface area contributed by atoms with E-state index in [1.54, 1.807) is 9.58 Å². The van der Waals surface area contributed by atoms with E-state index < -0.39 is 0 Å². The Labute approximate surface area is 156 Å². The quantitative estimate of drug-likeness (QED) is 0.731. The fourth-order valence-corrected chi connectivity index (χ4v) is 3.31. The summed E-state index contributed by atoms with van der Waals surface area (Å²) in [5.74, 6) is 0.313. The molecule has 0 bridgehead atoms. The summed E-state index contributed by atoms with van der Waals surface area (Å²) in [6.45, 7) is 0.899. The first kappa shape index (κ1) is 17.2. The number of hydrogen-bond donors (Lipinski definition) is 2. The number of nitrogens with one attached hydrogen (secondary N) is 1. The van der Waals surface area contributed by atoms with Gasteiger partial charge in [0, 0.05) is 55.9 Å². The lowest BCUT2D eigenvalue weighted by Crippen LogP contribution is -2.36. The first-order chi connectivity index (χ1) is 13.2. The summed E-state index contributed by atoms with van der Waals surface area (Å²) in [6.07, 6.45) is 3.78. The second-order valence-corrected chi connectivity index (χ2v) is 6.42. The van der Waals surface area contributed by atoms with E-state index in [2.05, 4.69) is 20.4 Å². The van der Waals surface area contributed by atoms with Crippen LogP contribution in [-0.4, -0.2) is 42.2 Å². The number of para-hydroxylation sites is 1. The van der Waals surface area contributed by atoms with Gasteiger partial charge >= 0.3 is 0 Å². The highest BCUT2D eigenvalue weighted by molar-refractivity contribution is 5.93. The fraction of sp³-hybridized carbons (Fsp3) is 0.263. The summed E-state index contributed by atoms with van der Waals surface area (Å²) >= 11 is 0. The topological polar surface area (TPSA) is 96.2 Å². The van der Waals surface area contributed by atoms with Gasteiger partial charge in [0.05, 0.1) is 17.9 Å². The molecule has 0 spiro atoms. The van der Waals surface area contributed by atoms with Gasteiger partial charge in [0.15, 0.2) is 0 Å². The second-order valence-electron chi connectivity index (χ2n) is 6.42. The monoisotopic (exact) mass is 364 g/mol. The van der Waals surface area contributed by atoms with Crippen molar-refractivity contribution >= 4 is 17.5 Å². The van der Waals surface area contributed by atoms with E-state index in [1.165, 1.54) is 12.4 Å². The molecule has 1 aliphatic rings. The summed E-state index contributed by atoms with van der Waals surface area (Å²) in [4.78, 5) is 23.1. The van der Waals surface area contributed by atoms with Crippen molar-refractivity contribution in [2.24, 2.45) is 7.05 Å². The summed E-state index contributed by atoms with van der Waals surface area (Å²) in [7, 11) is 1.86. The molecule has 2 N–H and O–H groups in total. The zero-order valence-electron chi connectivity index (χ0n) is 15.0. The van der Waals surface area contributed by atoms with Crippen LogP contribution < -0.4 is 5.32 Å². The molecule has 8 nitrogen and oxygen atoms in total. The first-order valence-corrected chi connectivity index (χ1v) is 8.73. The van der Waals surface area contributed by atoms with Crippen molar-refractivity contribution in [3.63, 3.8) is 0 Å². The summed E-state index contributed by atoms with van der Waals surface area (Å²) in [6, 6.07) is 9.61. The molecule has 4 rings (SSSR count). The van der Waals surface area contributed by atoms with Gasteiger partial charge in [-0.2, -0.15) is 5.10 Å². The Balaban J connectivity index is 1.48. The molecular weight excluding hydrogens is 344 g/mol. The third-order valence-corrected chi connectivity index (χ3v) is 4.69. The summed E-state index contributed by atoms with van der Waals surface area (Å²) in [5.41, 5.74) is 3.95. The number of anilines is 2. The number of benzene rings is 1. The van der Waals surface area contributed by atoms with Crippen molar-refractivity contribution in [2.75, 3.05) is 11.9 Å². The SMILES string of the molecule is Cn1nc(CO)c2c1CCN(C(=O)c1cnc(Nc3ccccc3)nc1)C2. The Morgan fingerprint density at radius 1 is 1.22 bits per heavy atom. The van der Waals surface area contributed by atoms with Crippen LogP contribution in [0.4, 0.5) is 11.6 Å². The van der Waals surface area contributed by atoms with Gasteiger partial charge in [-0.05, 0) is 12.1 Å². The highest BCUT2D eigenvalue weighted by atomic mass is 16.3. The standard InChI is InChI=1S/C19H20N6O2/c1-24-17-7-8-25(11-15(17)16(12-26)23-24)18(27)13-9-20-19(21-10-13)22-14-5-3-2-4-6-14/h2-6,9-10,26H,7-8,11-12H2,1H3,(H,20,21,22). The number of aliphatic hydroxyl groups is 1. The van der Waals surface area contributed by atoms with Gasteiger partial charge in [-0.3, -0.25) is 9.48 Å². The van der Waals surface area contributed by atoms with Gasteiger partial charge in [-0.25, -0.2) is 9.97 Å². The van der Waals surface area contributed by atoms with E-state index in [-0.39, 0.29) is 12.5 Å². The minimum absolute atomic E-state index is 0.125. The molecule has 0 atom stereocenters. The van der Waals surface area contributed by atoms with Crippen LogP contribution in [0.15, 0.2) is 42.7 Å². The van der Waals surface area contributed by atoms with Gasteiger partial charge in [-0.15, -0.1) is 0 Å². The van der Waals surface area contributed by atoms with Crippen molar-refractivity contribution in [1.82, 2.24) is 24.6 Å². The highest BCUT2D eigenvalue weighted by Gasteiger charge is 2.27. The zero-order valence-corrected chi connectivity index (χ0v) is 15.0. The van der Waals surface area contributed by atoms with E-state index in [1.807, 2.05) is 37.4 Å². The van der Waals surface area contributed by atoms with Gasteiger partial charge in [-0.1, -0.05) is 18.2 Å². The number of carbonyl (C=O) groups is 1. The molecule has 2 aromatic heterocycles. The molecule has 0 fully saturated rings. The lowest BCUT2D eigenvalue weighted by atomic mass is 10.0. The average Bonchev–Trinajstić information content (AvgIpc) is 3.04. The Bertz CT molecular complexity index is 952. The lowest BCUT2D eigenvalue weighted by Gasteiger charge is -2.27. The third-order valence-electron chi connectivity index (χ3n) is 4.69. The van der Waals surface area contributed by atoms with E-state index in [9.17, 15) is 9.90 Å². The van der Waals surface area contributed by atoms with E-state index >= 15 is 0 Å². The Hall–Kier alpha value is -3.26. The molecule has 0 unspecified atom stereocenters. The van der Waals surface area contributed by atoms with Crippen molar-refractivity contribution in [2.45, 2.75) is 19.6 Å². The van der Waals surface area contributed by atoms with Crippen LogP contribution >= 0.6 is 0 Å². The number of hydrogen-bond acceptors (Lipinski definition) is 6. The molecule has 0 aliphatic carbocycles. The zero-order chi connectivity index (χ0) is 18.8. The molecule has 138 valence electrons. The number of aryl methyl sites for hydroxylation is 1. The van der Waals surface area contributed by atoms with Gasteiger partial charge < -0.3 is 15.3 Å². The molecule has 0 radical (unpaired) electrons. The number of nitrogens with zero attached hydrogens (tertiary/aromatic N) is 5. The van der Waals surface area contributed by atoms with Crippen LogP contribution in [-0.2, 0) is 26.6 Å². The smallest absolute Gasteiger partial charge is 0.257 e. The molecule has 1 aliphatic heterocycles. The number of carbonyl (C=O) groups excluding carboxylic acids is 1. The second kappa shape index (κ2) is 7.16. The van der Waals surface area contributed by atoms with E-state index in [0.717, 1.165) is 16.9 Å². The molecule has 3 heterocycles. The van der Waals surface area contributed by atoms with Gasteiger partial charge in [0.1, 0.15) is 0 Å². The molecule has 8 heteroatoms. The minimum Gasteiger partial charge on any atom is -0.390 e. The van der Waals surface area contributed by atoms with Crippen LogP contribution in [0.1, 0.15) is 27.3 Å². The number of fused-ring (bicyclic) bond motifs is 1. The van der Waals surface area contributed by atoms with Crippen LogP contribution in [0.5, 0.6) is 0 Å². The molecule has 3 aromatic rings. The molecule has 1 amide bonds. The van der Waals surface area contributed by atoms with Crippen LogP contribution in [0.25, 0.3) is 0 Å². The molecular formula is C19H20N6O2. The Morgan fingerprint density at radius 2 is 1.96 bits per heavy atom. The van der Waals surface area contributed by atoms with Crippen molar-refractivity contribution < 1.29 is 9.90 Å². The van der Waals surface area contributed by atoms with Crippen LogP contribution in [0, 0.1) is 0 Å². The van der Waals surface area contributed by atoms with Crippen LogP contribution in [0.3, 0.4) is 0 Å². The maximum atomic E-state index is 12.8. The van der Waals surface area contributed by atoms with Crippen molar-refractivity contribution in [3.8, 4) is 0 Å². The molecule has 0 saturated heterocycles. The molecule has 1 aromatic carbocycles. The predicted molar refractivity (Wildman–Crippen MR) is 99.3 cm³/mol. The Morgan fingerprint density at radius 3 is 2.67 bits per heavy atom. The predicted octanol–water partition coefficient (Wildman–Crippen LogP) is 1.64. The average molecular weight is 364 g/mol. The number of rotatable bonds is 4. The third kappa shape index (κ3) is 3.39. The lowest BCUT2D eigenvalue weighted by molar-refractivity contribution is 0.0731. The highest BCUT2D eigenvalue weighted by Crippen LogP contribution is 2.23. The normalized spacial score (nSPS) is 13.3. The molecule has 0 saturated carbocycles. The fourth-order valence-electron chi connectivity index (χ4n) is 3.31. The summed E-state index contributed by atoms with van der Waals surface area (Å²) < 4.78 is 1.79. The molecule has 27 heavy (non-hydrogen) atoms. The maximum Gasteiger partial charge on any atom is 0.257 e. The van der Waals surface area contributed by atoms with Crippen molar-refractivity contribution in [1.29, 1.82) is 0 Å². The van der Waals surface area contributed by atoms with Crippen molar-refractivity contribution in [3.05, 3.63) is 65.2 Å². The minimum atomic E-state index is -0.131. The largest absolute Gasteiger partial charge is 0.390 e. The van der Waals surface area contributed by atoms with Gasteiger partial charge in [0.25, 0.3) is 5.91 Å². The number of aliphatic hydroxyl groups excluding tert-OH is 1. The number of aromatic nitrogens is 4. The van der Waals surface area contributed by atoms with E-state index in [4.69, 9.17) is 0 Å². The number of amides is 1.